The first kappa shape index (κ1) is 16.5. The van der Waals surface area contributed by atoms with Gasteiger partial charge in [0.15, 0.2) is 0 Å². The largest absolute Gasteiger partial charge is 0.316 e. The van der Waals surface area contributed by atoms with Gasteiger partial charge in [-0.2, -0.15) is 10.4 Å². The molecular formula is C14H16Cl2N4. The summed E-state index contributed by atoms with van der Waals surface area (Å²) in [6.07, 6.45) is 3.70. The summed E-state index contributed by atoms with van der Waals surface area (Å²) < 4.78 is 0. The number of rotatable bonds is 1. The highest BCUT2D eigenvalue weighted by atomic mass is 35.5. The van der Waals surface area contributed by atoms with Gasteiger partial charge in [-0.1, -0.05) is 18.2 Å². The van der Waals surface area contributed by atoms with Crippen LogP contribution >= 0.6 is 24.8 Å². The second-order valence-corrected chi connectivity index (χ2v) is 4.48. The molecule has 1 saturated heterocycles. The molecule has 20 heavy (non-hydrogen) atoms. The maximum atomic E-state index is 9.47. The third-order valence-corrected chi connectivity index (χ3v) is 3.42. The molecule has 0 atom stereocenters. The van der Waals surface area contributed by atoms with E-state index in [1.54, 1.807) is 6.20 Å². The number of piperidine rings is 1. The van der Waals surface area contributed by atoms with Crippen LogP contribution in [-0.4, -0.2) is 23.3 Å². The zero-order valence-electron chi connectivity index (χ0n) is 10.8. The van der Waals surface area contributed by atoms with Crippen molar-refractivity contribution >= 4 is 41.3 Å². The molecule has 106 valence electrons. The van der Waals surface area contributed by atoms with Crippen LogP contribution in [0.1, 0.15) is 18.4 Å². The average molecular weight is 311 g/mol. The molecule has 3 rings (SSSR count). The van der Waals surface area contributed by atoms with Crippen LogP contribution in [0.25, 0.3) is 16.5 Å². The topological polar surface area (TPSA) is 64.5 Å². The van der Waals surface area contributed by atoms with Crippen molar-refractivity contribution in [2.24, 2.45) is 0 Å². The summed E-state index contributed by atoms with van der Waals surface area (Å²) >= 11 is 0. The number of hydrogen-bond acceptors (Lipinski definition) is 3. The van der Waals surface area contributed by atoms with Crippen molar-refractivity contribution in [3.63, 3.8) is 0 Å². The van der Waals surface area contributed by atoms with Gasteiger partial charge in [-0.15, -0.1) is 24.8 Å². The molecule has 0 saturated carbocycles. The average Bonchev–Trinajstić information content (AvgIpc) is 2.90. The zero-order valence-corrected chi connectivity index (χ0v) is 12.5. The van der Waals surface area contributed by atoms with Gasteiger partial charge in [0.2, 0.25) is 0 Å². The van der Waals surface area contributed by atoms with E-state index < -0.39 is 0 Å². The molecule has 0 amide bonds. The summed E-state index contributed by atoms with van der Waals surface area (Å²) in [5, 5.41) is 20.9. The number of H-pyrrole nitrogens is 1. The number of aromatic amines is 1. The molecular weight excluding hydrogens is 295 g/mol. The summed E-state index contributed by atoms with van der Waals surface area (Å²) in [6.45, 7) is 1.92. The first-order valence-corrected chi connectivity index (χ1v) is 6.15. The molecule has 0 radical (unpaired) electrons. The number of para-hydroxylation sites is 1. The van der Waals surface area contributed by atoms with E-state index in [9.17, 15) is 5.26 Å². The van der Waals surface area contributed by atoms with E-state index in [-0.39, 0.29) is 24.8 Å². The van der Waals surface area contributed by atoms with E-state index in [2.05, 4.69) is 21.6 Å². The lowest BCUT2D eigenvalue weighted by Gasteiger charge is -2.17. The van der Waals surface area contributed by atoms with Crippen molar-refractivity contribution in [3.05, 3.63) is 35.5 Å². The highest BCUT2D eigenvalue weighted by Crippen LogP contribution is 2.28. The minimum Gasteiger partial charge on any atom is -0.316 e. The van der Waals surface area contributed by atoms with Gasteiger partial charge in [0.1, 0.15) is 0 Å². The Morgan fingerprint density at radius 3 is 2.65 bits per heavy atom. The van der Waals surface area contributed by atoms with Crippen LogP contribution in [-0.2, 0) is 0 Å². The van der Waals surface area contributed by atoms with Gasteiger partial charge in [-0.05, 0) is 31.5 Å². The Labute approximate surface area is 130 Å². The van der Waals surface area contributed by atoms with Crippen LogP contribution < -0.4 is 5.32 Å². The predicted octanol–water partition coefficient (Wildman–Crippen LogP) is 3.07. The molecule has 2 N–H and O–H groups in total. The zero-order chi connectivity index (χ0) is 12.4. The minimum atomic E-state index is 0. The Kier molecular flexibility index (Phi) is 6.03. The molecule has 4 nitrogen and oxygen atoms in total. The fraction of sp³-hybridized carbons (Fsp3) is 0.286. The highest BCUT2D eigenvalue weighted by molar-refractivity contribution is 5.95. The SMILES string of the molecule is Cl.Cl.N#CC(=C1CCNCC1)c1cccc2cn[nH]c12. The molecule has 0 unspecified atom stereocenters. The van der Waals surface area contributed by atoms with Gasteiger partial charge in [-0.3, -0.25) is 5.10 Å². The van der Waals surface area contributed by atoms with Gasteiger partial charge < -0.3 is 5.32 Å². The summed E-state index contributed by atoms with van der Waals surface area (Å²) in [5.74, 6) is 0. The first-order chi connectivity index (χ1) is 8.90. The van der Waals surface area contributed by atoms with Crippen molar-refractivity contribution in [2.45, 2.75) is 12.8 Å². The second-order valence-electron chi connectivity index (χ2n) is 4.48. The van der Waals surface area contributed by atoms with E-state index in [0.29, 0.717) is 0 Å². The minimum absolute atomic E-state index is 0. The molecule has 1 aromatic heterocycles. The van der Waals surface area contributed by atoms with E-state index >= 15 is 0 Å². The molecule has 2 aromatic rings. The first-order valence-electron chi connectivity index (χ1n) is 6.15. The normalized spacial score (nSPS) is 14.1. The number of allylic oxidation sites excluding steroid dienone is 1. The third kappa shape index (κ3) is 2.96. The quantitative estimate of drug-likeness (QED) is 0.796. The molecule has 0 bridgehead atoms. The number of fused-ring (bicyclic) bond motifs is 1. The van der Waals surface area contributed by atoms with Crippen molar-refractivity contribution in [2.75, 3.05) is 13.1 Å². The van der Waals surface area contributed by atoms with Crippen molar-refractivity contribution in [3.8, 4) is 6.07 Å². The van der Waals surface area contributed by atoms with Gasteiger partial charge >= 0.3 is 0 Å². The Morgan fingerprint density at radius 2 is 1.95 bits per heavy atom. The monoisotopic (exact) mass is 310 g/mol. The molecule has 1 aliphatic heterocycles. The number of aromatic nitrogens is 2. The number of halogens is 2. The predicted molar refractivity (Wildman–Crippen MR) is 85.2 cm³/mol. The number of nitrogens with one attached hydrogen (secondary N) is 2. The highest BCUT2D eigenvalue weighted by Gasteiger charge is 2.15. The number of hydrogen-bond donors (Lipinski definition) is 2. The molecule has 0 aliphatic carbocycles. The summed E-state index contributed by atoms with van der Waals surface area (Å²) in [6, 6.07) is 8.35. The Bertz CT molecular complexity index is 646. The van der Waals surface area contributed by atoms with Gasteiger partial charge in [0, 0.05) is 10.9 Å². The number of nitrogens with zero attached hydrogens (tertiary/aromatic N) is 2. The van der Waals surface area contributed by atoms with E-state index in [0.717, 1.165) is 48.0 Å². The molecule has 2 heterocycles. The molecule has 1 aliphatic rings. The lowest BCUT2D eigenvalue weighted by atomic mass is 9.93. The standard InChI is InChI=1S/C14H14N4.2ClH/c15-8-13(10-4-6-16-7-5-10)12-3-1-2-11-9-17-18-14(11)12;;/h1-3,9,16H,4-7H2,(H,17,18);2*1H. The van der Waals surface area contributed by atoms with Crippen LogP contribution in [0.4, 0.5) is 0 Å². The number of benzene rings is 1. The lowest BCUT2D eigenvalue weighted by Crippen LogP contribution is -2.23. The fourth-order valence-corrected chi connectivity index (χ4v) is 2.49. The smallest absolute Gasteiger partial charge is 0.0998 e. The Morgan fingerprint density at radius 1 is 1.20 bits per heavy atom. The second kappa shape index (κ2) is 7.30. The van der Waals surface area contributed by atoms with Crippen molar-refractivity contribution < 1.29 is 0 Å². The number of nitriles is 1. The third-order valence-electron chi connectivity index (χ3n) is 3.42. The Balaban J connectivity index is 0.000001000. The molecule has 1 aromatic carbocycles. The van der Waals surface area contributed by atoms with Gasteiger partial charge in [-0.25, -0.2) is 0 Å². The summed E-state index contributed by atoms with van der Waals surface area (Å²) in [5.41, 5.74) is 3.99. The Hall–Kier alpha value is -1.54. The van der Waals surface area contributed by atoms with Gasteiger partial charge in [0.25, 0.3) is 0 Å². The maximum Gasteiger partial charge on any atom is 0.0998 e. The van der Waals surface area contributed by atoms with Crippen LogP contribution in [0.15, 0.2) is 30.0 Å². The van der Waals surface area contributed by atoms with E-state index in [1.165, 1.54) is 5.57 Å². The lowest BCUT2D eigenvalue weighted by molar-refractivity contribution is 0.612. The van der Waals surface area contributed by atoms with E-state index in [1.807, 2.05) is 18.2 Å². The van der Waals surface area contributed by atoms with Crippen molar-refractivity contribution in [1.82, 2.24) is 15.5 Å². The summed E-state index contributed by atoms with van der Waals surface area (Å²) in [7, 11) is 0. The van der Waals surface area contributed by atoms with Crippen LogP contribution in [0, 0.1) is 11.3 Å². The molecule has 6 heteroatoms. The van der Waals surface area contributed by atoms with Crippen LogP contribution in [0.3, 0.4) is 0 Å². The fourth-order valence-electron chi connectivity index (χ4n) is 2.49. The molecule has 1 fully saturated rings. The van der Waals surface area contributed by atoms with Crippen LogP contribution in [0.2, 0.25) is 0 Å². The van der Waals surface area contributed by atoms with Crippen molar-refractivity contribution in [1.29, 1.82) is 5.26 Å². The van der Waals surface area contributed by atoms with Crippen LogP contribution in [0.5, 0.6) is 0 Å². The maximum absolute atomic E-state index is 9.47. The van der Waals surface area contributed by atoms with Gasteiger partial charge in [0.05, 0.1) is 23.4 Å². The van der Waals surface area contributed by atoms with E-state index in [4.69, 9.17) is 0 Å². The summed E-state index contributed by atoms with van der Waals surface area (Å²) in [4.78, 5) is 0. The molecule has 0 spiro atoms.